The Bertz CT molecular complexity index is 1750. The Morgan fingerprint density at radius 1 is 1.05 bits per heavy atom. The van der Waals surface area contributed by atoms with E-state index in [1.54, 1.807) is 24.5 Å². The SMILES string of the molecule is Cc1c(C)n(Cc2ccc(-c3ccccc3C(=O)O)cc2)c2ccc(C(=O)NC3CCOc4ccncc43)cc12. The summed E-state index contributed by atoms with van der Waals surface area (Å²) in [5.74, 6) is -0.289. The first kappa shape index (κ1) is 25.4. The molecule has 1 aliphatic heterocycles. The number of carbonyl (C=O) groups excluding carboxylic acids is 1. The summed E-state index contributed by atoms with van der Waals surface area (Å²) in [5.41, 5.74) is 7.81. The lowest BCUT2D eigenvalue weighted by Gasteiger charge is -2.26. The van der Waals surface area contributed by atoms with Gasteiger partial charge in [-0.3, -0.25) is 9.78 Å². The van der Waals surface area contributed by atoms with E-state index >= 15 is 0 Å². The molecule has 0 fully saturated rings. The van der Waals surface area contributed by atoms with Crippen LogP contribution in [-0.2, 0) is 6.54 Å². The van der Waals surface area contributed by atoms with Crippen molar-refractivity contribution in [1.29, 1.82) is 0 Å². The topological polar surface area (TPSA) is 93.5 Å². The number of ether oxygens (including phenoxy) is 1. The molecule has 3 heterocycles. The summed E-state index contributed by atoms with van der Waals surface area (Å²) in [5, 5.41) is 13.8. The normalized spacial score (nSPS) is 14.4. The third kappa shape index (κ3) is 4.60. The third-order valence-electron chi connectivity index (χ3n) is 7.82. The Morgan fingerprint density at radius 3 is 2.65 bits per heavy atom. The number of aryl methyl sites for hydroxylation is 1. The van der Waals surface area contributed by atoms with Crippen LogP contribution in [0.5, 0.6) is 5.75 Å². The van der Waals surface area contributed by atoms with Gasteiger partial charge in [-0.1, -0.05) is 42.5 Å². The molecule has 0 radical (unpaired) electrons. The molecule has 1 unspecified atom stereocenters. The van der Waals surface area contributed by atoms with Gasteiger partial charge in [0.2, 0.25) is 0 Å². The van der Waals surface area contributed by atoms with Crippen LogP contribution in [0.4, 0.5) is 0 Å². The van der Waals surface area contributed by atoms with E-state index in [0.717, 1.165) is 44.6 Å². The molecule has 0 aliphatic carbocycles. The molecule has 40 heavy (non-hydrogen) atoms. The van der Waals surface area contributed by atoms with Gasteiger partial charge in [-0.25, -0.2) is 4.79 Å². The minimum Gasteiger partial charge on any atom is -0.493 e. The molecule has 0 saturated carbocycles. The van der Waals surface area contributed by atoms with Crippen LogP contribution >= 0.6 is 0 Å². The van der Waals surface area contributed by atoms with Gasteiger partial charge in [0.1, 0.15) is 5.75 Å². The maximum atomic E-state index is 13.3. The Kier molecular flexibility index (Phi) is 6.56. The molecule has 1 aliphatic rings. The standard InChI is InChI=1S/C33H29N3O4/c1-20-21(2)36(19-22-7-9-23(10-8-22)25-5-3-4-6-26(25)33(38)39)30-12-11-24(17-27(20)30)32(37)35-29-14-16-40-31-13-15-34-18-28(29)31/h3-13,15,17-18,29H,14,16,19H2,1-2H3,(H,35,37)(H,38,39). The number of carbonyl (C=O) groups is 2. The quantitative estimate of drug-likeness (QED) is 0.267. The Morgan fingerprint density at radius 2 is 1.85 bits per heavy atom. The highest BCUT2D eigenvalue weighted by Gasteiger charge is 2.24. The summed E-state index contributed by atoms with van der Waals surface area (Å²) in [7, 11) is 0. The number of hydrogen-bond acceptors (Lipinski definition) is 4. The van der Waals surface area contributed by atoms with Crippen molar-refractivity contribution in [1.82, 2.24) is 14.9 Å². The molecule has 6 rings (SSSR count). The number of nitrogens with zero attached hydrogens (tertiary/aromatic N) is 2. The van der Waals surface area contributed by atoms with Gasteiger partial charge in [-0.15, -0.1) is 0 Å². The molecule has 2 aromatic heterocycles. The Balaban J connectivity index is 1.25. The molecule has 5 aromatic rings. The van der Waals surface area contributed by atoms with E-state index in [4.69, 9.17) is 4.74 Å². The second-order valence-electron chi connectivity index (χ2n) is 10.2. The highest BCUT2D eigenvalue weighted by molar-refractivity contribution is 5.99. The van der Waals surface area contributed by atoms with Crippen LogP contribution in [0.25, 0.3) is 22.0 Å². The van der Waals surface area contributed by atoms with Crippen LogP contribution in [0.2, 0.25) is 0 Å². The van der Waals surface area contributed by atoms with E-state index in [-0.39, 0.29) is 17.5 Å². The fourth-order valence-electron chi connectivity index (χ4n) is 5.51. The second-order valence-corrected chi connectivity index (χ2v) is 10.2. The number of hydrogen-bond donors (Lipinski definition) is 2. The molecule has 7 heteroatoms. The number of benzene rings is 3. The van der Waals surface area contributed by atoms with Crippen LogP contribution in [0.3, 0.4) is 0 Å². The fourth-order valence-corrected chi connectivity index (χ4v) is 5.51. The predicted molar refractivity (Wildman–Crippen MR) is 154 cm³/mol. The third-order valence-corrected chi connectivity index (χ3v) is 7.82. The lowest BCUT2D eigenvalue weighted by Crippen LogP contribution is -2.32. The number of rotatable bonds is 6. The zero-order valence-electron chi connectivity index (χ0n) is 22.3. The van der Waals surface area contributed by atoms with Crippen molar-refractivity contribution >= 4 is 22.8 Å². The molecule has 0 bridgehead atoms. The zero-order chi connectivity index (χ0) is 27.8. The smallest absolute Gasteiger partial charge is 0.336 e. The summed E-state index contributed by atoms with van der Waals surface area (Å²) < 4.78 is 7.96. The van der Waals surface area contributed by atoms with E-state index in [1.807, 2.05) is 60.7 Å². The lowest BCUT2D eigenvalue weighted by molar-refractivity contribution is 0.0697. The molecule has 7 nitrogen and oxygen atoms in total. The first-order valence-electron chi connectivity index (χ1n) is 13.3. The van der Waals surface area contributed by atoms with E-state index in [0.29, 0.717) is 30.7 Å². The highest BCUT2D eigenvalue weighted by atomic mass is 16.5. The van der Waals surface area contributed by atoms with E-state index in [1.165, 1.54) is 0 Å². The van der Waals surface area contributed by atoms with Gasteiger partial charge in [-0.05, 0) is 66.4 Å². The van der Waals surface area contributed by atoms with Gasteiger partial charge in [-0.2, -0.15) is 0 Å². The van der Waals surface area contributed by atoms with Crippen LogP contribution in [0.1, 0.15) is 55.6 Å². The lowest BCUT2D eigenvalue weighted by atomic mass is 9.99. The number of fused-ring (bicyclic) bond motifs is 2. The number of carboxylic acid groups (broad SMARTS) is 1. The molecule has 1 atom stereocenters. The summed E-state index contributed by atoms with van der Waals surface area (Å²) >= 11 is 0. The molecular formula is C33H29N3O4. The maximum absolute atomic E-state index is 13.3. The first-order valence-corrected chi connectivity index (χ1v) is 13.3. The number of aromatic carboxylic acids is 1. The van der Waals surface area contributed by atoms with Gasteiger partial charge in [0.05, 0.1) is 18.2 Å². The minimum absolute atomic E-state index is 0.120. The van der Waals surface area contributed by atoms with Gasteiger partial charge >= 0.3 is 5.97 Å². The van der Waals surface area contributed by atoms with Crippen LogP contribution in [0.15, 0.2) is 85.2 Å². The highest BCUT2D eigenvalue weighted by Crippen LogP contribution is 2.32. The molecular weight excluding hydrogens is 502 g/mol. The van der Waals surface area contributed by atoms with Crippen molar-refractivity contribution in [3.8, 4) is 16.9 Å². The molecule has 2 N–H and O–H groups in total. The molecule has 1 amide bonds. The van der Waals surface area contributed by atoms with E-state index < -0.39 is 5.97 Å². The first-order chi connectivity index (χ1) is 19.4. The summed E-state index contributed by atoms with van der Waals surface area (Å²) in [6.07, 6.45) is 4.15. The van der Waals surface area contributed by atoms with Gasteiger partial charge in [0.15, 0.2) is 0 Å². The van der Waals surface area contributed by atoms with Crippen molar-refractivity contribution in [2.75, 3.05) is 6.61 Å². The predicted octanol–water partition coefficient (Wildman–Crippen LogP) is 6.32. The summed E-state index contributed by atoms with van der Waals surface area (Å²) in [6.45, 7) is 5.39. The average molecular weight is 532 g/mol. The number of pyridine rings is 1. The zero-order valence-corrected chi connectivity index (χ0v) is 22.3. The minimum atomic E-state index is -0.938. The monoisotopic (exact) mass is 531 g/mol. The molecule has 0 spiro atoms. The van der Waals surface area contributed by atoms with Crippen molar-refractivity contribution in [2.45, 2.75) is 32.9 Å². The van der Waals surface area contributed by atoms with Crippen LogP contribution in [-0.4, -0.2) is 33.1 Å². The van der Waals surface area contributed by atoms with Crippen molar-refractivity contribution in [2.24, 2.45) is 0 Å². The van der Waals surface area contributed by atoms with Gasteiger partial charge in [0, 0.05) is 53.1 Å². The fraction of sp³-hybridized carbons (Fsp3) is 0.182. The number of aromatic nitrogens is 2. The van der Waals surface area contributed by atoms with E-state index in [2.05, 4.69) is 28.7 Å². The van der Waals surface area contributed by atoms with Gasteiger partial charge in [0.25, 0.3) is 5.91 Å². The second kappa shape index (κ2) is 10.3. The van der Waals surface area contributed by atoms with Gasteiger partial charge < -0.3 is 19.7 Å². The number of amides is 1. The maximum Gasteiger partial charge on any atom is 0.336 e. The van der Waals surface area contributed by atoms with Crippen molar-refractivity contribution in [3.05, 3.63) is 119 Å². The molecule has 3 aromatic carbocycles. The molecule has 200 valence electrons. The van der Waals surface area contributed by atoms with E-state index in [9.17, 15) is 14.7 Å². The summed E-state index contributed by atoms with van der Waals surface area (Å²) in [6, 6.07) is 22.6. The Hall–Kier alpha value is -4.91. The summed E-state index contributed by atoms with van der Waals surface area (Å²) in [4.78, 5) is 29.1. The average Bonchev–Trinajstić information content (AvgIpc) is 3.22. The van der Waals surface area contributed by atoms with Crippen LogP contribution < -0.4 is 10.1 Å². The van der Waals surface area contributed by atoms with Crippen molar-refractivity contribution in [3.63, 3.8) is 0 Å². The number of carboxylic acids is 1. The van der Waals surface area contributed by atoms with Crippen molar-refractivity contribution < 1.29 is 19.4 Å². The Labute approximate surface area is 232 Å². The number of nitrogens with one attached hydrogen (secondary N) is 1. The largest absolute Gasteiger partial charge is 0.493 e. The van der Waals surface area contributed by atoms with Crippen LogP contribution in [0, 0.1) is 13.8 Å². The molecule has 0 saturated heterocycles.